The van der Waals surface area contributed by atoms with Crippen molar-refractivity contribution in [2.75, 3.05) is 47.6 Å². The Morgan fingerprint density at radius 1 is 1.31 bits per heavy atom. The lowest BCUT2D eigenvalue weighted by Gasteiger charge is -2.19. The Morgan fingerprint density at radius 2 is 2.04 bits per heavy atom. The van der Waals surface area contributed by atoms with Crippen LogP contribution in [-0.4, -0.2) is 75.6 Å². The monoisotopic (exact) mass is 372 g/mol. The highest BCUT2D eigenvalue weighted by Gasteiger charge is 2.13. The summed E-state index contributed by atoms with van der Waals surface area (Å²) in [4.78, 5) is 13.1. The SMILES string of the molecule is COCCOc1ccc(OCC(O)CNC(C)CC(=O)N(C)C)c(F)c1. The second-order valence-electron chi connectivity index (χ2n) is 6.20. The van der Waals surface area contributed by atoms with Crippen LogP contribution in [0.15, 0.2) is 18.2 Å². The third kappa shape index (κ3) is 8.46. The van der Waals surface area contributed by atoms with Crippen LogP contribution in [0.1, 0.15) is 13.3 Å². The maximum Gasteiger partial charge on any atom is 0.223 e. The molecule has 0 saturated carbocycles. The van der Waals surface area contributed by atoms with Gasteiger partial charge in [0.2, 0.25) is 5.91 Å². The van der Waals surface area contributed by atoms with Crippen molar-refractivity contribution >= 4 is 5.91 Å². The molecule has 1 amide bonds. The first kappa shape index (κ1) is 22.1. The smallest absolute Gasteiger partial charge is 0.223 e. The summed E-state index contributed by atoms with van der Waals surface area (Å²) < 4.78 is 29.4. The molecule has 0 saturated heterocycles. The van der Waals surface area contributed by atoms with E-state index in [0.717, 1.165) is 0 Å². The van der Waals surface area contributed by atoms with Gasteiger partial charge < -0.3 is 29.5 Å². The Hall–Kier alpha value is -1.90. The molecule has 0 aromatic heterocycles. The minimum absolute atomic E-state index is 0.00520. The molecule has 2 unspecified atom stereocenters. The number of nitrogens with one attached hydrogen (secondary N) is 1. The number of amides is 1. The molecular weight excluding hydrogens is 343 g/mol. The molecule has 26 heavy (non-hydrogen) atoms. The van der Waals surface area contributed by atoms with Gasteiger partial charge in [-0.05, 0) is 19.1 Å². The zero-order chi connectivity index (χ0) is 19.5. The molecule has 0 fully saturated rings. The normalized spacial score (nSPS) is 13.2. The Bertz CT molecular complexity index is 556. The van der Waals surface area contributed by atoms with Crippen molar-refractivity contribution in [2.45, 2.75) is 25.5 Å². The molecule has 0 aliphatic carbocycles. The van der Waals surface area contributed by atoms with Crippen molar-refractivity contribution in [1.29, 1.82) is 0 Å². The van der Waals surface area contributed by atoms with E-state index >= 15 is 0 Å². The van der Waals surface area contributed by atoms with E-state index in [4.69, 9.17) is 14.2 Å². The summed E-state index contributed by atoms with van der Waals surface area (Å²) in [6, 6.07) is 4.19. The molecule has 1 rings (SSSR count). The quantitative estimate of drug-likeness (QED) is 0.534. The molecule has 2 atom stereocenters. The average Bonchev–Trinajstić information content (AvgIpc) is 2.59. The Kier molecular flexibility index (Phi) is 9.93. The van der Waals surface area contributed by atoms with Crippen molar-refractivity contribution in [2.24, 2.45) is 0 Å². The number of ether oxygens (including phenoxy) is 3. The predicted molar refractivity (Wildman–Crippen MR) is 96.0 cm³/mol. The zero-order valence-corrected chi connectivity index (χ0v) is 15.8. The number of carbonyl (C=O) groups excluding carboxylic acids is 1. The largest absolute Gasteiger partial charge is 0.491 e. The number of aliphatic hydroxyl groups excluding tert-OH is 1. The van der Waals surface area contributed by atoms with E-state index in [2.05, 4.69) is 5.32 Å². The fraction of sp³-hybridized carbons (Fsp3) is 0.611. The lowest BCUT2D eigenvalue weighted by molar-refractivity contribution is -0.129. The van der Waals surface area contributed by atoms with E-state index in [1.807, 2.05) is 6.92 Å². The number of hydrogen-bond acceptors (Lipinski definition) is 6. The maximum absolute atomic E-state index is 14.0. The van der Waals surface area contributed by atoms with Gasteiger partial charge >= 0.3 is 0 Å². The summed E-state index contributed by atoms with van der Waals surface area (Å²) in [6.07, 6.45) is -0.497. The number of carbonyl (C=O) groups is 1. The van der Waals surface area contributed by atoms with Crippen LogP contribution in [0.3, 0.4) is 0 Å². The summed E-state index contributed by atoms with van der Waals surface area (Å²) in [6.45, 7) is 2.77. The van der Waals surface area contributed by atoms with Crippen LogP contribution in [0.5, 0.6) is 11.5 Å². The third-order valence-corrected chi connectivity index (χ3v) is 3.57. The zero-order valence-electron chi connectivity index (χ0n) is 15.8. The fourth-order valence-electron chi connectivity index (χ4n) is 2.03. The van der Waals surface area contributed by atoms with Gasteiger partial charge in [0.05, 0.1) is 6.61 Å². The van der Waals surface area contributed by atoms with Gasteiger partial charge in [0, 0.05) is 46.3 Å². The van der Waals surface area contributed by atoms with Crippen LogP contribution >= 0.6 is 0 Å². The van der Waals surface area contributed by atoms with E-state index in [9.17, 15) is 14.3 Å². The molecule has 148 valence electrons. The molecule has 1 aromatic rings. The Balaban J connectivity index is 2.35. The molecule has 0 aliphatic rings. The van der Waals surface area contributed by atoms with Crippen molar-refractivity contribution in [3.8, 4) is 11.5 Å². The summed E-state index contributed by atoms with van der Waals surface area (Å²) in [5.74, 6) is -0.136. The molecule has 1 aromatic carbocycles. The van der Waals surface area contributed by atoms with Crippen LogP contribution in [0.4, 0.5) is 4.39 Å². The summed E-state index contributed by atoms with van der Waals surface area (Å²) in [5, 5.41) is 13.0. The number of methoxy groups -OCH3 is 1. The van der Waals surface area contributed by atoms with Crippen molar-refractivity contribution in [3.05, 3.63) is 24.0 Å². The number of nitrogens with zero attached hydrogens (tertiary/aromatic N) is 1. The number of hydrogen-bond donors (Lipinski definition) is 2. The highest BCUT2D eigenvalue weighted by Crippen LogP contribution is 2.22. The number of rotatable bonds is 12. The summed E-state index contributed by atoms with van der Waals surface area (Å²) in [7, 11) is 4.95. The van der Waals surface area contributed by atoms with E-state index in [0.29, 0.717) is 25.4 Å². The van der Waals surface area contributed by atoms with Gasteiger partial charge in [0.1, 0.15) is 25.1 Å². The molecule has 0 radical (unpaired) electrons. The standard InChI is InChI=1S/C18H29FN2O5/c1-13(9-18(23)21(2)3)20-11-14(22)12-26-17-6-5-15(10-16(17)19)25-8-7-24-4/h5-6,10,13-14,20,22H,7-9,11-12H2,1-4H3. The van der Waals surface area contributed by atoms with Gasteiger partial charge in [-0.3, -0.25) is 4.79 Å². The van der Waals surface area contributed by atoms with Crippen molar-refractivity contribution in [3.63, 3.8) is 0 Å². The van der Waals surface area contributed by atoms with Crippen LogP contribution in [0.2, 0.25) is 0 Å². The minimum atomic E-state index is -0.830. The summed E-state index contributed by atoms with van der Waals surface area (Å²) >= 11 is 0. The molecular formula is C18H29FN2O5. The van der Waals surface area contributed by atoms with Gasteiger partial charge in [-0.25, -0.2) is 4.39 Å². The lowest BCUT2D eigenvalue weighted by Crippen LogP contribution is -2.39. The second kappa shape index (κ2) is 11.7. The van der Waals surface area contributed by atoms with E-state index < -0.39 is 11.9 Å². The highest BCUT2D eigenvalue weighted by molar-refractivity contribution is 5.76. The minimum Gasteiger partial charge on any atom is -0.491 e. The van der Waals surface area contributed by atoms with E-state index in [1.165, 1.54) is 17.0 Å². The molecule has 0 heterocycles. The fourth-order valence-corrected chi connectivity index (χ4v) is 2.03. The predicted octanol–water partition coefficient (Wildman–Crippen LogP) is 1.05. The Morgan fingerprint density at radius 3 is 2.65 bits per heavy atom. The van der Waals surface area contributed by atoms with Gasteiger partial charge in [0.15, 0.2) is 11.6 Å². The topological polar surface area (TPSA) is 80.3 Å². The van der Waals surface area contributed by atoms with E-state index in [1.54, 1.807) is 27.3 Å². The maximum atomic E-state index is 14.0. The number of benzene rings is 1. The van der Waals surface area contributed by atoms with Crippen LogP contribution in [-0.2, 0) is 9.53 Å². The van der Waals surface area contributed by atoms with Gasteiger partial charge in [-0.15, -0.1) is 0 Å². The number of halogens is 1. The average molecular weight is 372 g/mol. The summed E-state index contributed by atoms with van der Waals surface area (Å²) in [5.41, 5.74) is 0. The van der Waals surface area contributed by atoms with Crippen LogP contribution in [0.25, 0.3) is 0 Å². The molecule has 2 N–H and O–H groups in total. The van der Waals surface area contributed by atoms with Gasteiger partial charge in [-0.2, -0.15) is 0 Å². The molecule has 0 bridgehead atoms. The third-order valence-electron chi connectivity index (χ3n) is 3.57. The number of aliphatic hydroxyl groups is 1. The molecule has 0 aliphatic heterocycles. The van der Waals surface area contributed by atoms with Crippen molar-refractivity contribution < 1.29 is 28.5 Å². The van der Waals surface area contributed by atoms with Crippen LogP contribution in [0, 0.1) is 5.82 Å². The van der Waals surface area contributed by atoms with Crippen LogP contribution < -0.4 is 14.8 Å². The first-order valence-electron chi connectivity index (χ1n) is 8.49. The molecule has 7 nitrogen and oxygen atoms in total. The molecule has 8 heteroatoms. The van der Waals surface area contributed by atoms with Gasteiger partial charge in [0.25, 0.3) is 0 Å². The second-order valence-corrected chi connectivity index (χ2v) is 6.20. The highest BCUT2D eigenvalue weighted by atomic mass is 19.1. The van der Waals surface area contributed by atoms with Crippen molar-refractivity contribution in [1.82, 2.24) is 10.2 Å². The first-order valence-corrected chi connectivity index (χ1v) is 8.49. The Labute approximate surface area is 154 Å². The molecule has 0 spiro atoms. The first-order chi connectivity index (χ1) is 12.3. The van der Waals surface area contributed by atoms with E-state index in [-0.39, 0.29) is 30.9 Å². The lowest BCUT2D eigenvalue weighted by atomic mass is 10.2. The van der Waals surface area contributed by atoms with Gasteiger partial charge in [-0.1, -0.05) is 0 Å².